The Bertz CT molecular complexity index is 1010. The monoisotopic (exact) mass is 440 g/mol. The second-order valence-electron chi connectivity index (χ2n) is 7.70. The Kier molecular flexibility index (Phi) is 6.31. The molecule has 1 fully saturated rings. The maximum absolute atomic E-state index is 13.2. The van der Waals surface area contributed by atoms with Crippen LogP contribution in [-0.4, -0.2) is 71.7 Å². The second kappa shape index (κ2) is 9.31. The van der Waals surface area contributed by atoms with Gasteiger partial charge in [0, 0.05) is 25.1 Å². The molecule has 2 aliphatic rings. The molecule has 0 radical (unpaired) electrons. The Morgan fingerprint density at radius 3 is 2.88 bits per heavy atom. The molecule has 0 unspecified atom stereocenters. The molecule has 10 nitrogen and oxygen atoms in total. The number of ether oxygens (including phenoxy) is 3. The van der Waals surface area contributed by atoms with Gasteiger partial charge in [0.05, 0.1) is 37.4 Å². The fourth-order valence-electron chi connectivity index (χ4n) is 3.99. The molecular weight excluding hydrogens is 416 g/mol. The van der Waals surface area contributed by atoms with Gasteiger partial charge in [0.2, 0.25) is 0 Å². The molecular formula is C22H24N4O6. The highest BCUT2D eigenvalue weighted by Crippen LogP contribution is 2.32. The van der Waals surface area contributed by atoms with Gasteiger partial charge in [-0.3, -0.25) is 19.4 Å². The van der Waals surface area contributed by atoms with Gasteiger partial charge in [-0.15, -0.1) is 0 Å². The molecule has 10 heteroatoms. The summed E-state index contributed by atoms with van der Waals surface area (Å²) in [5, 5.41) is 2.73. The molecule has 2 aliphatic heterocycles. The number of methoxy groups -OCH3 is 1. The average Bonchev–Trinajstić information content (AvgIpc) is 2.82. The highest BCUT2D eigenvalue weighted by Gasteiger charge is 2.39. The summed E-state index contributed by atoms with van der Waals surface area (Å²) in [7, 11) is 3.07. The molecule has 1 saturated heterocycles. The number of benzene rings is 1. The van der Waals surface area contributed by atoms with Crippen molar-refractivity contribution in [3.05, 3.63) is 48.0 Å². The van der Waals surface area contributed by atoms with Crippen molar-refractivity contribution in [3.8, 4) is 5.75 Å². The molecule has 0 bridgehead atoms. The molecule has 3 heterocycles. The van der Waals surface area contributed by atoms with Crippen LogP contribution in [0, 0.1) is 0 Å². The van der Waals surface area contributed by atoms with Gasteiger partial charge in [-0.25, -0.2) is 4.98 Å². The standard InChI is InChI=1S/C22H24N4O6/c1-26-17-5-4-14(10-20(27)30-2)32-19(17)12-31-18-6-3-13(9-15(18)22(26)29)25-21(28)16-11-23-7-8-24-16/h3,6-9,11,14,17,19H,4-5,10,12H2,1-2H3,(H,25,28)/t14-,17+,19-/m1/s1. The van der Waals surface area contributed by atoms with E-state index in [1.54, 1.807) is 30.1 Å². The maximum Gasteiger partial charge on any atom is 0.308 e. The number of fused-ring (bicyclic) bond motifs is 2. The zero-order valence-corrected chi connectivity index (χ0v) is 17.8. The first kappa shape index (κ1) is 21.7. The first-order chi connectivity index (χ1) is 15.5. The minimum absolute atomic E-state index is 0.169. The van der Waals surface area contributed by atoms with Crippen LogP contribution in [0.25, 0.3) is 0 Å². The lowest BCUT2D eigenvalue weighted by atomic mass is 9.94. The number of nitrogens with one attached hydrogen (secondary N) is 1. The Labute approximate surface area is 184 Å². The Hall–Kier alpha value is -3.53. The van der Waals surface area contributed by atoms with Crippen molar-refractivity contribution in [1.82, 2.24) is 14.9 Å². The summed E-state index contributed by atoms with van der Waals surface area (Å²) in [6.07, 6.45) is 5.12. The zero-order chi connectivity index (χ0) is 22.7. The van der Waals surface area contributed by atoms with E-state index in [9.17, 15) is 14.4 Å². The molecule has 0 saturated carbocycles. The number of hydrogen-bond acceptors (Lipinski definition) is 8. The van der Waals surface area contributed by atoms with Crippen molar-refractivity contribution in [2.45, 2.75) is 37.5 Å². The quantitative estimate of drug-likeness (QED) is 0.713. The Morgan fingerprint density at radius 1 is 1.28 bits per heavy atom. The summed E-state index contributed by atoms with van der Waals surface area (Å²) in [4.78, 5) is 46.7. The normalized spacial score (nSPS) is 22.5. The molecule has 0 aliphatic carbocycles. The van der Waals surface area contributed by atoms with Gasteiger partial charge in [0.1, 0.15) is 24.2 Å². The van der Waals surface area contributed by atoms with E-state index < -0.39 is 5.91 Å². The number of amides is 2. The molecule has 168 valence electrons. The summed E-state index contributed by atoms with van der Waals surface area (Å²) in [6.45, 7) is 0.234. The third kappa shape index (κ3) is 4.54. The number of carbonyl (C=O) groups excluding carboxylic acids is 3. The van der Waals surface area contributed by atoms with Gasteiger partial charge in [-0.05, 0) is 31.0 Å². The van der Waals surface area contributed by atoms with Gasteiger partial charge in [-0.1, -0.05) is 0 Å². The highest BCUT2D eigenvalue weighted by molar-refractivity contribution is 6.04. The molecule has 1 aromatic heterocycles. The van der Waals surface area contributed by atoms with Gasteiger partial charge in [0.15, 0.2) is 0 Å². The van der Waals surface area contributed by atoms with E-state index in [4.69, 9.17) is 14.2 Å². The van der Waals surface area contributed by atoms with Crippen LogP contribution in [0.5, 0.6) is 5.75 Å². The van der Waals surface area contributed by atoms with Crippen molar-refractivity contribution < 1.29 is 28.6 Å². The van der Waals surface area contributed by atoms with Crippen LogP contribution < -0.4 is 10.1 Å². The highest BCUT2D eigenvalue weighted by atomic mass is 16.5. The molecule has 2 amide bonds. The van der Waals surface area contributed by atoms with Crippen molar-refractivity contribution in [3.63, 3.8) is 0 Å². The lowest BCUT2D eigenvalue weighted by Crippen LogP contribution is -2.53. The van der Waals surface area contributed by atoms with Crippen molar-refractivity contribution in [1.29, 1.82) is 0 Å². The molecule has 0 spiro atoms. The molecule has 1 N–H and O–H groups in total. The van der Waals surface area contributed by atoms with Crippen LogP contribution in [-0.2, 0) is 14.3 Å². The van der Waals surface area contributed by atoms with E-state index in [1.165, 1.54) is 25.7 Å². The third-order valence-electron chi connectivity index (χ3n) is 5.69. The van der Waals surface area contributed by atoms with Gasteiger partial charge < -0.3 is 24.4 Å². The number of anilines is 1. The molecule has 2 aromatic rings. The molecule has 1 aromatic carbocycles. The first-order valence-electron chi connectivity index (χ1n) is 10.3. The lowest BCUT2D eigenvalue weighted by Gasteiger charge is -2.42. The predicted molar refractivity (Wildman–Crippen MR) is 112 cm³/mol. The second-order valence-corrected chi connectivity index (χ2v) is 7.70. The van der Waals surface area contributed by atoms with Gasteiger partial charge in [0.25, 0.3) is 11.8 Å². The fraction of sp³-hybridized carbons (Fsp3) is 0.409. The van der Waals surface area contributed by atoms with Crippen LogP contribution >= 0.6 is 0 Å². The minimum atomic E-state index is -0.428. The first-order valence-corrected chi connectivity index (χ1v) is 10.3. The van der Waals surface area contributed by atoms with Gasteiger partial charge >= 0.3 is 5.97 Å². The van der Waals surface area contributed by atoms with Crippen molar-refractivity contribution >= 4 is 23.5 Å². The number of hydrogen-bond donors (Lipinski definition) is 1. The number of likely N-dealkylation sites (N-methyl/N-ethyl adjacent to an activating group) is 1. The third-order valence-corrected chi connectivity index (χ3v) is 5.69. The summed E-state index contributed by atoms with van der Waals surface area (Å²) in [5.41, 5.74) is 0.960. The molecule has 4 rings (SSSR count). The van der Waals surface area contributed by atoms with Crippen molar-refractivity contribution in [2.24, 2.45) is 0 Å². The summed E-state index contributed by atoms with van der Waals surface area (Å²) in [5.74, 6) is -0.592. The number of nitrogens with zero attached hydrogens (tertiary/aromatic N) is 3. The maximum atomic E-state index is 13.2. The van der Waals surface area contributed by atoms with Crippen LogP contribution in [0.4, 0.5) is 5.69 Å². The summed E-state index contributed by atoms with van der Waals surface area (Å²) in [6, 6.07) is 4.69. The van der Waals surface area contributed by atoms with Crippen LogP contribution in [0.2, 0.25) is 0 Å². The SMILES string of the molecule is COC(=O)C[C@H]1CC[C@H]2[C@@H](COc3ccc(NC(=O)c4cnccn4)cc3C(=O)N2C)O1. The average molecular weight is 440 g/mol. The van der Waals surface area contributed by atoms with Crippen LogP contribution in [0.1, 0.15) is 40.1 Å². The van der Waals surface area contributed by atoms with E-state index >= 15 is 0 Å². The number of rotatable bonds is 4. The lowest BCUT2D eigenvalue weighted by molar-refractivity contribution is -0.151. The van der Waals surface area contributed by atoms with E-state index in [2.05, 4.69) is 15.3 Å². The van der Waals surface area contributed by atoms with Crippen molar-refractivity contribution in [2.75, 3.05) is 26.1 Å². The van der Waals surface area contributed by atoms with Gasteiger partial charge in [-0.2, -0.15) is 0 Å². The topological polar surface area (TPSA) is 120 Å². The van der Waals surface area contributed by atoms with Crippen LogP contribution in [0.3, 0.4) is 0 Å². The largest absolute Gasteiger partial charge is 0.490 e. The van der Waals surface area contributed by atoms with E-state index in [1.807, 2.05) is 0 Å². The molecule has 3 atom stereocenters. The summed E-state index contributed by atoms with van der Waals surface area (Å²) >= 11 is 0. The smallest absolute Gasteiger partial charge is 0.308 e. The number of esters is 1. The molecule has 32 heavy (non-hydrogen) atoms. The minimum Gasteiger partial charge on any atom is -0.490 e. The van der Waals surface area contributed by atoms with E-state index in [0.717, 1.165) is 0 Å². The Morgan fingerprint density at radius 2 is 2.12 bits per heavy atom. The predicted octanol–water partition coefficient (Wildman–Crippen LogP) is 1.67. The number of carbonyl (C=O) groups is 3. The summed E-state index contributed by atoms with van der Waals surface area (Å²) < 4.78 is 16.7. The van der Waals surface area contributed by atoms with Crippen LogP contribution in [0.15, 0.2) is 36.8 Å². The van der Waals surface area contributed by atoms with E-state index in [0.29, 0.717) is 29.8 Å². The fourth-order valence-corrected chi connectivity index (χ4v) is 3.99. The Balaban J connectivity index is 1.52. The zero-order valence-electron chi connectivity index (χ0n) is 17.8. The number of aromatic nitrogens is 2. The van der Waals surface area contributed by atoms with E-state index in [-0.39, 0.29) is 48.8 Å².